The van der Waals surface area contributed by atoms with Crippen molar-refractivity contribution in [1.82, 2.24) is 25.2 Å². The second-order valence-corrected chi connectivity index (χ2v) is 6.74. The molecule has 3 heterocycles. The molecule has 3 aromatic heterocycles. The van der Waals surface area contributed by atoms with Crippen LogP contribution in [0.5, 0.6) is 0 Å². The molecule has 0 aliphatic heterocycles. The van der Waals surface area contributed by atoms with E-state index < -0.39 is 0 Å². The van der Waals surface area contributed by atoms with Gasteiger partial charge in [-0.15, -0.1) is 0 Å². The molecule has 0 unspecified atom stereocenters. The van der Waals surface area contributed by atoms with Crippen LogP contribution >= 0.6 is 11.6 Å². The van der Waals surface area contributed by atoms with Crippen molar-refractivity contribution < 1.29 is 9.32 Å². The maximum Gasteiger partial charge on any atom is 0.259 e. The molecular formula is C20H18ClN5O2. The van der Waals surface area contributed by atoms with Gasteiger partial charge in [-0.25, -0.2) is 4.98 Å². The van der Waals surface area contributed by atoms with Gasteiger partial charge in [-0.3, -0.25) is 9.48 Å². The quantitative estimate of drug-likeness (QED) is 0.552. The van der Waals surface area contributed by atoms with Gasteiger partial charge in [-0.2, -0.15) is 5.10 Å². The monoisotopic (exact) mass is 395 g/mol. The number of carbonyl (C=O) groups excluding carboxylic acids is 1. The SMILES string of the molecule is CCn1ccc(-c2cc(C(=O)NCc3ccccc3Cl)c3c(C)noc3n2)n1. The topological polar surface area (TPSA) is 85.8 Å². The van der Waals surface area contributed by atoms with Gasteiger partial charge in [0.15, 0.2) is 0 Å². The highest BCUT2D eigenvalue weighted by molar-refractivity contribution is 6.31. The summed E-state index contributed by atoms with van der Waals surface area (Å²) in [6.45, 7) is 4.84. The highest BCUT2D eigenvalue weighted by Crippen LogP contribution is 2.26. The highest BCUT2D eigenvalue weighted by atomic mass is 35.5. The first-order valence-electron chi connectivity index (χ1n) is 8.89. The van der Waals surface area contributed by atoms with Gasteiger partial charge >= 0.3 is 0 Å². The Labute approximate surface area is 166 Å². The number of benzene rings is 1. The number of halogens is 1. The average Bonchev–Trinajstić information content (AvgIpc) is 3.33. The highest BCUT2D eigenvalue weighted by Gasteiger charge is 2.20. The normalized spacial score (nSPS) is 11.1. The van der Waals surface area contributed by atoms with E-state index in [1.54, 1.807) is 23.7 Å². The molecule has 28 heavy (non-hydrogen) atoms. The summed E-state index contributed by atoms with van der Waals surface area (Å²) in [4.78, 5) is 17.4. The fourth-order valence-electron chi connectivity index (χ4n) is 2.99. The van der Waals surface area contributed by atoms with Crippen LogP contribution in [0.4, 0.5) is 0 Å². The second-order valence-electron chi connectivity index (χ2n) is 6.33. The number of hydrogen-bond donors (Lipinski definition) is 1. The van der Waals surface area contributed by atoms with Crippen LogP contribution in [0.3, 0.4) is 0 Å². The summed E-state index contributed by atoms with van der Waals surface area (Å²) in [5.74, 6) is -0.255. The molecule has 0 aliphatic rings. The number of nitrogens with zero attached hydrogens (tertiary/aromatic N) is 4. The lowest BCUT2D eigenvalue weighted by Crippen LogP contribution is -2.23. The van der Waals surface area contributed by atoms with Crippen LogP contribution in [0.15, 0.2) is 47.1 Å². The Morgan fingerprint density at radius 2 is 2.07 bits per heavy atom. The lowest BCUT2D eigenvalue weighted by molar-refractivity contribution is 0.0952. The summed E-state index contributed by atoms with van der Waals surface area (Å²) in [5.41, 5.74) is 3.42. The number of fused-ring (bicyclic) bond motifs is 1. The summed E-state index contributed by atoms with van der Waals surface area (Å²) in [6, 6.07) is 11.0. The molecule has 7 nitrogen and oxygen atoms in total. The Morgan fingerprint density at radius 3 is 2.82 bits per heavy atom. The Kier molecular flexibility index (Phi) is 4.83. The molecule has 0 fully saturated rings. The smallest absolute Gasteiger partial charge is 0.259 e. The van der Waals surface area contributed by atoms with Crippen molar-refractivity contribution in [3.63, 3.8) is 0 Å². The molecule has 1 aromatic carbocycles. The van der Waals surface area contributed by atoms with Gasteiger partial charge in [0.1, 0.15) is 5.69 Å². The maximum absolute atomic E-state index is 13.0. The Morgan fingerprint density at radius 1 is 1.25 bits per heavy atom. The number of amides is 1. The molecule has 1 N–H and O–H groups in total. The number of rotatable bonds is 5. The van der Waals surface area contributed by atoms with E-state index in [1.165, 1.54) is 0 Å². The van der Waals surface area contributed by atoms with E-state index in [4.69, 9.17) is 16.1 Å². The van der Waals surface area contributed by atoms with Crippen molar-refractivity contribution in [3.05, 3.63) is 64.4 Å². The van der Waals surface area contributed by atoms with Crippen molar-refractivity contribution in [2.45, 2.75) is 26.9 Å². The molecule has 0 radical (unpaired) electrons. The third-order valence-electron chi connectivity index (χ3n) is 4.49. The fraction of sp³-hybridized carbons (Fsp3) is 0.200. The number of carbonyl (C=O) groups is 1. The average molecular weight is 396 g/mol. The van der Waals surface area contributed by atoms with E-state index in [9.17, 15) is 4.79 Å². The zero-order chi connectivity index (χ0) is 19.7. The Balaban J connectivity index is 1.71. The van der Waals surface area contributed by atoms with Crippen LogP contribution < -0.4 is 5.32 Å². The van der Waals surface area contributed by atoms with Crippen LogP contribution in [-0.2, 0) is 13.1 Å². The number of pyridine rings is 1. The molecule has 0 spiro atoms. The van der Waals surface area contributed by atoms with Crippen LogP contribution in [0.2, 0.25) is 5.02 Å². The number of aryl methyl sites for hydroxylation is 2. The molecule has 0 aliphatic carbocycles. The second kappa shape index (κ2) is 7.44. The van der Waals surface area contributed by atoms with Gasteiger partial charge in [0.2, 0.25) is 0 Å². The summed E-state index contributed by atoms with van der Waals surface area (Å²) < 4.78 is 7.12. The first-order valence-corrected chi connectivity index (χ1v) is 9.27. The van der Waals surface area contributed by atoms with E-state index in [0.29, 0.717) is 45.3 Å². The van der Waals surface area contributed by atoms with Gasteiger partial charge in [-0.1, -0.05) is 35.0 Å². The van der Waals surface area contributed by atoms with E-state index in [-0.39, 0.29) is 5.91 Å². The predicted molar refractivity (Wildman–Crippen MR) is 106 cm³/mol. The van der Waals surface area contributed by atoms with E-state index in [2.05, 4.69) is 20.6 Å². The van der Waals surface area contributed by atoms with Crippen LogP contribution in [0, 0.1) is 6.92 Å². The molecule has 4 rings (SSSR count). The van der Waals surface area contributed by atoms with Gasteiger partial charge in [0.05, 0.1) is 22.3 Å². The lowest BCUT2D eigenvalue weighted by Gasteiger charge is -2.09. The molecule has 1 amide bonds. The first-order chi connectivity index (χ1) is 13.6. The van der Waals surface area contributed by atoms with E-state index in [0.717, 1.165) is 12.1 Å². The van der Waals surface area contributed by atoms with Crippen LogP contribution in [0.25, 0.3) is 22.5 Å². The Hall–Kier alpha value is -3.19. The van der Waals surface area contributed by atoms with Gasteiger partial charge < -0.3 is 9.84 Å². The zero-order valence-corrected chi connectivity index (χ0v) is 16.2. The largest absolute Gasteiger partial charge is 0.348 e. The molecule has 142 valence electrons. The van der Waals surface area contributed by atoms with Gasteiger partial charge in [-0.05, 0) is 37.6 Å². The predicted octanol–water partition coefficient (Wildman–Crippen LogP) is 4.00. The summed E-state index contributed by atoms with van der Waals surface area (Å²) in [6.07, 6.45) is 1.87. The molecule has 0 saturated heterocycles. The lowest BCUT2D eigenvalue weighted by atomic mass is 10.1. The number of nitrogens with one attached hydrogen (secondary N) is 1. The first kappa shape index (κ1) is 18.2. The van der Waals surface area contributed by atoms with Crippen molar-refractivity contribution in [3.8, 4) is 11.4 Å². The third-order valence-corrected chi connectivity index (χ3v) is 4.85. The maximum atomic E-state index is 13.0. The molecule has 4 aromatic rings. The number of hydrogen-bond acceptors (Lipinski definition) is 5. The van der Waals surface area contributed by atoms with Crippen molar-refractivity contribution in [1.29, 1.82) is 0 Å². The molecule has 8 heteroatoms. The van der Waals surface area contributed by atoms with Crippen LogP contribution in [0.1, 0.15) is 28.5 Å². The van der Waals surface area contributed by atoms with Crippen LogP contribution in [-0.4, -0.2) is 25.8 Å². The van der Waals surface area contributed by atoms with E-state index in [1.807, 2.05) is 37.4 Å². The fourth-order valence-corrected chi connectivity index (χ4v) is 3.19. The summed E-state index contributed by atoms with van der Waals surface area (Å²) in [7, 11) is 0. The minimum atomic E-state index is -0.255. The zero-order valence-electron chi connectivity index (χ0n) is 15.4. The summed E-state index contributed by atoms with van der Waals surface area (Å²) in [5, 5.41) is 12.5. The van der Waals surface area contributed by atoms with Crippen molar-refractivity contribution in [2.24, 2.45) is 0 Å². The molecule has 0 saturated carbocycles. The minimum Gasteiger partial charge on any atom is -0.348 e. The third kappa shape index (κ3) is 3.36. The van der Waals surface area contributed by atoms with Crippen molar-refractivity contribution in [2.75, 3.05) is 0 Å². The standard InChI is InChI=1S/C20H18ClN5O2/c1-3-26-9-8-16(24-26)17-10-14(18-12(2)25-28-20(18)23-17)19(27)22-11-13-6-4-5-7-15(13)21/h4-10H,3,11H2,1-2H3,(H,22,27). The Bertz CT molecular complexity index is 1160. The van der Waals surface area contributed by atoms with E-state index >= 15 is 0 Å². The van der Waals surface area contributed by atoms with Crippen molar-refractivity contribution >= 4 is 28.6 Å². The van der Waals surface area contributed by atoms with Gasteiger partial charge in [0.25, 0.3) is 11.6 Å². The number of aromatic nitrogens is 4. The molecule has 0 bridgehead atoms. The minimum absolute atomic E-state index is 0.255. The molecular weight excluding hydrogens is 378 g/mol. The summed E-state index contributed by atoms with van der Waals surface area (Å²) >= 11 is 6.18. The molecule has 0 atom stereocenters. The van der Waals surface area contributed by atoms with Gasteiger partial charge in [0, 0.05) is 24.3 Å².